The van der Waals surface area contributed by atoms with E-state index < -0.39 is 0 Å². The average Bonchev–Trinajstić information content (AvgIpc) is 2.66. The van der Waals surface area contributed by atoms with E-state index in [0.29, 0.717) is 12.1 Å². The molecule has 0 aliphatic carbocycles. The van der Waals surface area contributed by atoms with Crippen molar-refractivity contribution < 1.29 is 4.74 Å². The Balaban J connectivity index is 0.00000128. The van der Waals surface area contributed by atoms with Gasteiger partial charge in [0.05, 0.1) is 12.6 Å². The van der Waals surface area contributed by atoms with Crippen molar-refractivity contribution in [3.63, 3.8) is 0 Å². The van der Waals surface area contributed by atoms with Crippen molar-refractivity contribution in [1.82, 2.24) is 10.2 Å². The lowest BCUT2D eigenvalue weighted by Gasteiger charge is -2.46. The number of nitrogens with zero attached hydrogens (tertiary/aromatic N) is 1. The van der Waals surface area contributed by atoms with Crippen molar-refractivity contribution in [2.45, 2.75) is 57.8 Å². The summed E-state index contributed by atoms with van der Waals surface area (Å²) < 4.78 is 5.91. The first-order valence-electron chi connectivity index (χ1n) is 6.28. The predicted molar refractivity (Wildman–Crippen MR) is 69.1 cm³/mol. The Kier molecular flexibility index (Phi) is 5.05. The largest absolute Gasteiger partial charge is 0.358 e. The third kappa shape index (κ3) is 2.70. The van der Waals surface area contributed by atoms with E-state index in [1.807, 2.05) is 0 Å². The summed E-state index contributed by atoms with van der Waals surface area (Å²) in [5, 5.41) is 3.52. The van der Waals surface area contributed by atoms with Gasteiger partial charge >= 0.3 is 0 Å². The maximum atomic E-state index is 5.91. The fourth-order valence-electron chi connectivity index (χ4n) is 2.99. The van der Waals surface area contributed by atoms with Gasteiger partial charge in [0.25, 0.3) is 0 Å². The minimum atomic E-state index is -0.106. The lowest BCUT2D eigenvalue weighted by Crippen LogP contribution is -2.60. The third-order valence-corrected chi connectivity index (χ3v) is 3.82. The number of piperidine rings is 1. The molecule has 1 N–H and O–H groups in total. The van der Waals surface area contributed by atoms with E-state index in [4.69, 9.17) is 4.74 Å². The topological polar surface area (TPSA) is 24.5 Å². The van der Waals surface area contributed by atoms with Gasteiger partial charge in [-0.3, -0.25) is 10.2 Å². The second-order valence-electron chi connectivity index (χ2n) is 5.23. The molecule has 16 heavy (non-hydrogen) atoms. The summed E-state index contributed by atoms with van der Waals surface area (Å²) in [5.74, 6) is 0. The highest BCUT2D eigenvalue weighted by molar-refractivity contribution is 5.85. The van der Waals surface area contributed by atoms with Gasteiger partial charge in [0.2, 0.25) is 0 Å². The summed E-state index contributed by atoms with van der Waals surface area (Å²) in [4.78, 5) is 2.60. The van der Waals surface area contributed by atoms with Crippen molar-refractivity contribution >= 4 is 12.4 Å². The standard InChI is InChI=1S/C12H24N2O.ClH/c1-10(2)14-8-5-4-6-11(14)12(3)13-7-9-15-12;/h10-11,13H,4-9H2,1-3H3;1H. The van der Waals surface area contributed by atoms with Crippen LogP contribution in [-0.2, 0) is 4.74 Å². The molecule has 2 rings (SSSR count). The van der Waals surface area contributed by atoms with Crippen LogP contribution in [0.25, 0.3) is 0 Å². The van der Waals surface area contributed by atoms with Gasteiger partial charge in [-0.15, -0.1) is 12.4 Å². The van der Waals surface area contributed by atoms with E-state index >= 15 is 0 Å². The molecule has 2 aliphatic rings. The second-order valence-corrected chi connectivity index (χ2v) is 5.23. The van der Waals surface area contributed by atoms with Gasteiger partial charge in [-0.2, -0.15) is 0 Å². The van der Waals surface area contributed by atoms with Crippen LogP contribution < -0.4 is 5.32 Å². The molecule has 2 saturated heterocycles. The number of hydrogen-bond donors (Lipinski definition) is 1. The molecule has 0 aromatic heterocycles. The summed E-state index contributed by atoms with van der Waals surface area (Å²) in [5.41, 5.74) is -0.106. The number of halogens is 1. The predicted octanol–water partition coefficient (Wildman–Crippen LogP) is 2.01. The summed E-state index contributed by atoms with van der Waals surface area (Å²) in [6.45, 7) is 9.87. The minimum Gasteiger partial charge on any atom is -0.358 e. The van der Waals surface area contributed by atoms with Crippen LogP contribution in [0.2, 0.25) is 0 Å². The normalized spacial score (nSPS) is 36.4. The van der Waals surface area contributed by atoms with Crippen molar-refractivity contribution in [3.05, 3.63) is 0 Å². The van der Waals surface area contributed by atoms with Crippen LogP contribution in [0, 0.1) is 0 Å². The van der Waals surface area contributed by atoms with E-state index in [1.54, 1.807) is 0 Å². The van der Waals surface area contributed by atoms with E-state index in [-0.39, 0.29) is 18.1 Å². The molecule has 0 radical (unpaired) electrons. The highest BCUT2D eigenvalue weighted by atomic mass is 35.5. The minimum absolute atomic E-state index is 0. The van der Waals surface area contributed by atoms with E-state index in [9.17, 15) is 0 Å². The Morgan fingerprint density at radius 2 is 2.12 bits per heavy atom. The summed E-state index contributed by atoms with van der Waals surface area (Å²) in [6.07, 6.45) is 3.95. The van der Waals surface area contributed by atoms with Crippen LogP contribution in [0.15, 0.2) is 0 Å². The fourth-order valence-corrected chi connectivity index (χ4v) is 2.99. The SMILES string of the molecule is CC(C)N1CCCCC1C1(C)NCCO1.Cl. The van der Waals surface area contributed by atoms with Gasteiger partial charge < -0.3 is 4.74 Å². The monoisotopic (exact) mass is 248 g/mol. The van der Waals surface area contributed by atoms with Crippen molar-refractivity contribution in [3.8, 4) is 0 Å². The van der Waals surface area contributed by atoms with Gasteiger partial charge in [-0.1, -0.05) is 6.42 Å². The number of nitrogens with one attached hydrogen (secondary N) is 1. The quantitative estimate of drug-likeness (QED) is 0.809. The number of hydrogen-bond acceptors (Lipinski definition) is 3. The molecule has 2 aliphatic heterocycles. The Morgan fingerprint density at radius 3 is 2.69 bits per heavy atom. The van der Waals surface area contributed by atoms with Gasteiger partial charge in [0, 0.05) is 12.6 Å². The Hall–Kier alpha value is 0.170. The molecule has 4 heteroatoms. The highest BCUT2D eigenvalue weighted by Crippen LogP contribution is 2.30. The van der Waals surface area contributed by atoms with Gasteiger partial charge in [-0.25, -0.2) is 0 Å². The molecule has 0 spiro atoms. The molecule has 2 fully saturated rings. The van der Waals surface area contributed by atoms with Crippen LogP contribution in [-0.4, -0.2) is 42.4 Å². The number of rotatable bonds is 2. The highest BCUT2D eigenvalue weighted by Gasteiger charge is 2.42. The first-order chi connectivity index (χ1) is 7.13. The lowest BCUT2D eigenvalue weighted by atomic mass is 9.92. The third-order valence-electron chi connectivity index (χ3n) is 3.82. The molecule has 0 aromatic carbocycles. The molecule has 0 saturated carbocycles. The fraction of sp³-hybridized carbons (Fsp3) is 1.00. The first-order valence-corrected chi connectivity index (χ1v) is 6.28. The first kappa shape index (κ1) is 14.2. The zero-order valence-electron chi connectivity index (χ0n) is 10.7. The Morgan fingerprint density at radius 1 is 1.38 bits per heavy atom. The van der Waals surface area contributed by atoms with Crippen LogP contribution in [0.4, 0.5) is 0 Å². The molecular formula is C12H25ClN2O. The second kappa shape index (κ2) is 5.67. The van der Waals surface area contributed by atoms with Crippen LogP contribution in [0.1, 0.15) is 40.0 Å². The van der Waals surface area contributed by atoms with E-state index in [0.717, 1.165) is 13.2 Å². The Bertz CT molecular complexity index is 217. The van der Waals surface area contributed by atoms with E-state index in [1.165, 1.54) is 25.8 Å². The molecule has 0 amide bonds. The van der Waals surface area contributed by atoms with Gasteiger partial charge in [-0.05, 0) is 40.2 Å². The van der Waals surface area contributed by atoms with Gasteiger partial charge in [0.15, 0.2) is 0 Å². The van der Waals surface area contributed by atoms with Crippen LogP contribution in [0.3, 0.4) is 0 Å². The molecule has 2 atom stereocenters. The molecule has 96 valence electrons. The summed E-state index contributed by atoms with van der Waals surface area (Å²) >= 11 is 0. The maximum Gasteiger partial charge on any atom is 0.132 e. The number of likely N-dealkylation sites (tertiary alicyclic amines) is 1. The van der Waals surface area contributed by atoms with Crippen molar-refractivity contribution in [1.29, 1.82) is 0 Å². The summed E-state index contributed by atoms with van der Waals surface area (Å²) in [7, 11) is 0. The maximum absolute atomic E-state index is 5.91. The van der Waals surface area contributed by atoms with Crippen molar-refractivity contribution in [2.24, 2.45) is 0 Å². The number of ether oxygens (including phenoxy) is 1. The molecule has 2 heterocycles. The molecule has 0 bridgehead atoms. The zero-order chi connectivity index (χ0) is 10.9. The lowest BCUT2D eigenvalue weighted by molar-refractivity contribution is -0.0865. The average molecular weight is 249 g/mol. The van der Waals surface area contributed by atoms with Gasteiger partial charge in [0.1, 0.15) is 5.72 Å². The molecular weight excluding hydrogens is 224 g/mol. The summed E-state index contributed by atoms with van der Waals surface area (Å²) in [6, 6.07) is 1.17. The van der Waals surface area contributed by atoms with E-state index in [2.05, 4.69) is 31.0 Å². The van der Waals surface area contributed by atoms with Crippen molar-refractivity contribution in [2.75, 3.05) is 19.7 Å². The Labute approximate surface area is 105 Å². The molecule has 3 nitrogen and oxygen atoms in total. The zero-order valence-corrected chi connectivity index (χ0v) is 11.5. The molecule has 2 unspecified atom stereocenters. The van der Waals surface area contributed by atoms with Crippen LogP contribution in [0.5, 0.6) is 0 Å². The molecule has 0 aromatic rings. The smallest absolute Gasteiger partial charge is 0.132 e. The van der Waals surface area contributed by atoms with Crippen LogP contribution >= 0.6 is 12.4 Å².